The Balaban J connectivity index is 1.69. The van der Waals surface area contributed by atoms with Gasteiger partial charge in [0, 0.05) is 12.6 Å². The van der Waals surface area contributed by atoms with Crippen LogP contribution < -0.4 is 20.1 Å². The zero-order chi connectivity index (χ0) is 18.1. The Morgan fingerprint density at radius 3 is 1.96 bits per heavy atom. The number of hydrogen-bond acceptors (Lipinski definition) is 3. The molecule has 5 nitrogen and oxygen atoms in total. The third-order valence-corrected chi connectivity index (χ3v) is 4.01. The molecular formula is C20H26N2O3. The Morgan fingerprint density at radius 1 is 0.920 bits per heavy atom. The average Bonchev–Trinajstić information content (AvgIpc) is 2.65. The van der Waals surface area contributed by atoms with E-state index in [0.29, 0.717) is 6.54 Å². The second-order valence-corrected chi connectivity index (χ2v) is 5.96. The van der Waals surface area contributed by atoms with E-state index in [4.69, 9.17) is 9.47 Å². The summed E-state index contributed by atoms with van der Waals surface area (Å²) in [6.45, 7) is 2.50. The normalized spacial score (nSPS) is 11.5. The third-order valence-electron chi connectivity index (χ3n) is 4.01. The van der Waals surface area contributed by atoms with Gasteiger partial charge in [0.2, 0.25) is 0 Å². The minimum atomic E-state index is -0.155. The molecule has 0 spiro atoms. The van der Waals surface area contributed by atoms with Crippen molar-refractivity contribution in [1.29, 1.82) is 0 Å². The predicted molar refractivity (Wildman–Crippen MR) is 99.1 cm³/mol. The van der Waals surface area contributed by atoms with Crippen molar-refractivity contribution in [3.63, 3.8) is 0 Å². The summed E-state index contributed by atoms with van der Waals surface area (Å²) >= 11 is 0. The molecule has 2 aromatic rings. The number of urea groups is 1. The van der Waals surface area contributed by atoms with Crippen molar-refractivity contribution in [2.24, 2.45) is 0 Å². The lowest BCUT2D eigenvalue weighted by Gasteiger charge is -2.15. The molecular weight excluding hydrogens is 316 g/mol. The van der Waals surface area contributed by atoms with Crippen molar-refractivity contribution in [2.45, 2.75) is 32.4 Å². The van der Waals surface area contributed by atoms with E-state index in [1.54, 1.807) is 14.2 Å². The van der Waals surface area contributed by atoms with Gasteiger partial charge in [0.25, 0.3) is 0 Å². The van der Waals surface area contributed by atoms with Gasteiger partial charge in [-0.15, -0.1) is 0 Å². The number of nitrogens with one attached hydrogen (secondary N) is 2. The van der Waals surface area contributed by atoms with E-state index in [1.807, 2.05) is 43.3 Å². The van der Waals surface area contributed by atoms with Crippen molar-refractivity contribution in [2.75, 3.05) is 14.2 Å². The molecule has 0 bridgehead atoms. The van der Waals surface area contributed by atoms with Gasteiger partial charge in [-0.05, 0) is 55.2 Å². The molecule has 2 amide bonds. The van der Waals surface area contributed by atoms with Crippen LogP contribution in [0.25, 0.3) is 0 Å². The van der Waals surface area contributed by atoms with E-state index in [0.717, 1.165) is 29.9 Å². The number of carbonyl (C=O) groups excluding carboxylic acids is 1. The molecule has 0 saturated heterocycles. The number of rotatable bonds is 8. The number of hydrogen-bond donors (Lipinski definition) is 2. The van der Waals surface area contributed by atoms with Crippen LogP contribution in [0.1, 0.15) is 24.5 Å². The van der Waals surface area contributed by atoms with E-state index in [1.165, 1.54) is 5.56 Å². The Bertz CT molecular complexity index is 654. The molecule has 25 heavy (non-hydrogen) atoms. The van der Waals surface area contributed by atoms with Gasteiger partial charge >= 0.3 is 6.03 Å². The highest BCUT2D eigenvalue weighted by Gasteiger charge is 2.07. The Kier molecular flexibility index (Phi) is 7.14. The average molecular weight is 342 g/mol. The van der Waals surface area contributed by atoms with Gasteiger partial charge in [-0.1, -0.05) is 24.3 Å². The second-order valence-electron chi connectivity index (χ2n) is 5.96. The summed E-state index contributed by atoms with van der Waals surface area (Å²) in [4.78, 5) is 12.0. The monoisotopic (exact) mass is 342 g/mol. The smallest absolute Gasteiger partial charge is 0.315 e. The van der Waals surface area contributed by atoms with Crippen LogP contribution in [0.15, 0.2) is 48.5 Å². The summed E-state index contributed by atoms with van der Waals surface area (Å²) in [5, 5.41) is 5.84. The fourth-order valence-electron chi connectivity index (χ4n) is 2.45. The minimum absolute atomic E-state index is 0.0953. The SMILES string of the molecule is COc1ccc(CCC(C)NC(=O)NCc2ccc(OC)cc2)cc1. The van der Waals surface area contributed by atoms with Crippen molar-refractivity contribution >= 4 is 6.03 Å². The van der Waals surface area contributed by atoms with E-state index in [-0.39, 0.29) is 12.1 Å². The molecule has 0 fully saturated rings. The van der Waals surface area contributed by atoms with Crippen LogP contribution >= 0.6 is 0 Å². The lowest BCUT2D eigenvalue weighted by atomic mass is 10.1. The summed E-state index contributed by atoms with van der Waals surface area (Å²) in [6, 6.07) is 15.6. The number of benzene rings is 2. The van der Waals surface area contributed by atoms with E-state index in [9.17, 15) is 4.79 Å². The maximum atomic E-state index is 12.0. The first-order chi connectivity index (χ1) is 12.1. The molecule has 0 heterocycles. The first-order valence-corrected chi connectivity index (χ1v) is 8.41. The summed E-state index contributed by atoms with van der Waals surface area (Å²) < 4.78 is 10.3. The molecule has 5 heteroatoms. The summed E-state index contributed by atoms with van der Waals surface area (Å²) in [5.74, 6) is 1.66. The third kappa shape index (κ3) is 6.37. The molecule has 2 rings (SSSR count). The maximum absolute atomic E-state index is 12.0. The van der Waals surface area contributed by atoms with Gasteiger partial charge in [0.15, 0.2) is 0 Å². The fraction of sp³-hybridized carbons (Fsp3) is 0.350. The van der Waals surface area contributed by atoms with Gasteiger partial charge in [-0.3, -0.25) is 0 Å². The van der Waals surface area contributed by atoms with E-state index < -0.39 is 0 Å². The number of carbonyl (C=O) groups is 1. The van der Waals surface area contributed by atoms with Gasteiger partial charge in [0.1, 0.15) is 11.5 Å². The molecule has 0 aromatic heterocycles. The first kappa shape index (κ1) is 18.6. The van der Waals surface area contributed by atoms with Crippen LogP contribution in [0.3, 0.4) is 0 Å². The summed E-state index contributed by atoms with van der Waals surface area (Å²) in [5.41, 5.74) is 2.26. The molecule has 2 N–H and O–H groups in total. The van der Waals surface area contributed by atoms with Crippen LogP contribution in [0.2, 0.25) is 0 Å². The predicted octanol–water partition coefficient (Wildman–Crippen LogP) is 3.52. The zero-order valence-electron chi connectivity index (χ0n) is 15.0. The van der Waals surface area contributed by atoms with Crippen molar-refractivity contribution in [1.82, 2.24) is 10.6 Å². The molecule has 0 saturated carbocycles. The number of aryl methyl sites for hydroxylation is 1. The van der Waals surface area contributed by atoms with Crippen molar-refractivity contribution in [3.8, 4) is 11.5 Å². The maximum Gasteiger partial charge on any atom is 0.315 e. The lowest BCUT2D eigenvalue weighted by molar-refractivity contribution is 0.237. The van der Waals surface area contributed by atoms with Crippen LogP contribution in [0, 0.1) is 0 Å². The standard InChI is InChI=1S/C20H26N2O3/c1-15(4-5-16-6-10-18(24-2)11-7-16)22-20(23)21-14-17-8-12-19(25-3)13-9-17/h6-13,15H,4-5,14H2,1-3H3,(H2,21,22,23). The molecule has 0 aliphatic carbocycles. The summed E-state index contributed by atoms with van der Waals surface area (Å²) in [7, 11) is 3.29. The molecule has 2 aromatic carbocycles. The fourth-order valence-corrected chi connectivity index (χ4v) is 2.45. The minimum Gasteiger partial charge on any atom is -0.497 e. The number of ether oxygens (including phenoxy) is 2. The lowest BCUT2D eigenvalue weighted by Crippen LogP contribution is -2.40. The van der Waals surface area contributed by atoms with Crippen molar-refractivity contribution < 1.29 is 14.3 Å². The zero-order valence-corrected chi connectivity index (χ0v) is 15.0. The molecule has 0 radical (unpaired) electrons. The van der Waals surface area contributed by atoms with Crippen LogP contribution in [-0.2, 0) is 13.0 Å². The molecule has 134 valence electrons. The molecule has 0 aliphatic heterocycles. The van der Waals surface area contributed by atoms with Crippen LogP contribution in [0.5, 0.6) is 11.5 Å². The van der Waals surface area contributed by atoms with E-state index in [2.05, 4.69) is 22.8 Å². The second kappa shape index (κ2) is 9.57. The van der Waals surface area contributed by atoms with Crippen LogP contribution in [-0.4, -0.2) is 26.3 Å². The Labute approximate surface area is 149 Å². The van der Waals surface area contributed by atoms with Gasteiger partial charge in [0.05, 0.1) is 14.2 Å². The van der Waals surface area contributed by atoms with Crippen molar-refractivity contribution in [3.05, 3.63) is 59.7 Å². The highest BCUT2D eigenvalue weighted by Crippen LogP contribution is 2.13. The van der Waals surface area contributed by atoms with E-state index >= 15 is 0 Å². The quantitative estimate of drug-likeness (QED) is 0.772. The Morgan fingerprint density at radius 2 is 1.44 bits per heavy atom. The molecule has 0 aliphatic rings. The summed E-state index contributed by atoms with van der Waals surface area (Å²) in [6.07, 6.45) is 1.78. The number of amides is 2. The first-order valence-electron chi connectivity index (χ1n) is 8.41. The van der Waals surface area contributed by atoms with Gasteiger partial charge in [-0.25, -0.2) is 4.79 Å². The largest absolute Gasteiger partial charge is 0.497 e. The van der Waals surface area contributed by atoms with Gasteiger partial charge in [-0.2, -0.15) is 0 Å². The topological polar surface area (TPSA) is 59.6 Å². The highest BCUT2D eigenvalue weighted by molar-refractivity contribution is 5.74. The highest BCUT2D eigenvalue weighted by atomic mass is 16.5. The van der Waals surface area contributed by atoms with Crippen LogP contribution in [0.4, 0.5) is 4.79 Å². The van der Waals surface area contributed by atoms with Gasteiger partial charge < -0.3 is 20.1 Å². The number of methoxy groups -OCH3 is 2. The molecule has 1 atom stereocenters. The Hall–Kier alpha value is -2.69. The molecule has 1 unspecified atom stereocenters.